The molecule has 0 radical (unpaired) electrons. The fourth-order valence-corrected chi connectivity index (χ4v) is 5.09. The molecule has 0 N–H and O–H groups in total. The third-order valence-electron chi connectivity index (χ3n) is 4.77. The molecule has 2 aliphatic rings. The number of fused-ring (bicyclic) bond motifs is 2. The fourth-order valence-electron chi connectivity index (χ4n) is 3.62. The summed E-state index contributed by atoms with van der Waals surface area (Å²) in [4.78, 5) is 15.1. The number of hydrogen-bond donors (Lipinski definition) is 0. The van der Waals surface area contributed by atoms with Crippen molar-refractivity contribution in [3.63, 3.8) is 0 Å². The summed E-state index contributed by atoms with van der Waals surface area (Å²) in [5.74, 6) is 2.03. The van der Waals surface area contributed by atoms with Gasteiger partial charge in [0, 0.05) is 29.8 Å². The molecule has 2 bridgehead atoms. The molecule has 128 valence electrons. The maximum absolute atomic E-state index is 11.7. The third-order valence-corrected chi connectivity index (χ3v) is 6.12. The zero-order chi connectivity index (χ0) is 17.2. The highest BCUT2D eigenvalue weighted by Gasteiger charge is 2.41. The highest BCUT2D eigenvalue weighted by atomic mass is 32.2. The summed E-state index contributed by atoms with van der Waals surface area (Å²) >= 11 is 7.28. The quantitative estimate of drug-likeness (QED) is 0.558. The number of ether oxygens (including phenoxy) is 1. The zero-order valence-corrected chi connectivity index (χ0v) is 15.4. The molecule has 25 heavy (non-hydrogen) atoms. The Labute approximate surface area is 157 Å². The highest BCUT2D eigenvalue weighted by Crippen LogP contribution is 2.38. The van der Waals surface area contributed by atoms with Crippen LogP contribution in [0.5, 0.6) is 11.5 Å². The van der Waals surface area contributed by atoms with Crippen LogP contribution in [-0.2, 0) is 4.79 Å². The average Bonchev–Trinajstić information content (AvgIpc) is 2.89. The first kappa shape index (κ1) is 16.6. The lowest BCUT2D eigenvalue weighted by molar-refractivity contribution is -0.122. The number of thiocarbonyl (C=S) groups is 1. The average molecular weight is 370 g/mol. The van der Waals surface area contributed by atoms with E-state index in [2.05, 4.69) is 4.90 Å². The monoisotopic (exact) mass is 369 g/mol. The Hall–Kier alpha value is -1.85. The first-order chi connectivity index (χ1) is 12.2. The molecule has 5 heteroatoms. The molecule has 2 aromatic carbocycles. The number of ketones is 1. The van der Waals surface area contributed by atoms with Gasteiger partial charge in [0.1, 0.15) is 21.6 Å². The number of nitrogens with zero attached hydrogens (tertiary/aromatic N) is 1. The van der Waals surface area contributed by atoms with Gasteiger partial charge in [0.05, 0.1) is 0 Å². The minimum absolute atomic E-state index is 0.312. The number of benzene rings is 2. The molecule has 0 aromatic heterocycles. The number of rotatable bonds is 3. The molecule has 2 heterocycles. The summed E-state index contributed by atoms with van der Waals surface area (Å²) in [5.41, 5.74) is 0. The van der Waals surface area contributed by atoms with Gasteiger partial charge in [0.15, 0.2) is 0 Å². The molecular weight excluding hydrogens is 350 g/mol. The van der Waals surface area contributed by atoms with Gasteiger partial charge in [-0.1, -0.05) is 42.2 Å². The van der Waals surface area contributed by atoms with Crippen molar-refractivity contribution in [2.75, 3.05) is 0 Å². The van der Waals surface area contributed by atoms with E-state index in [1.54, 1.807) is 11.8 Å². The summed E-state index contributed by atoms with van der Waals surface area (Å²) in [7, 11) is 0. The number of hydrogen-bond acceptors (Lipinski definition) is 4. The summed E-state index contributed by atoms with van der Waals surface area (Å²) in [5, 5.41) is 0. The molecule has 0 spiro atoms. The van der Waals surface area contributed by atoms with E-state index in [0.29, 0.717) is 30.7 Å². The molecule has 0 saturated carbocycles. The summed E-state index contributed by atoms with van der Waals surface area (Å²) in [6, 6.07) is 18.4. The van der Waals surface area contributed by atoms with Crippen molar-refractivity contribution in [1.29, 1.82) is 0 Å². The van der Waals surface area contributed by atoms with E-state index in [9.17, 15) is 4.79 Å². The molecule has 2 aliphatic heterocycles. The Bertz CT molecular complexity index is 760. The van der Waals surface area contributed by atoms with Crippen LogP contribution < -0.4 is 4.74 Å². The van der Waals surface area contributed by atoms with Crippen LogP contribution in [0.1, 0.15) is 25.7 Å². The molecule has 0 aliphatic carbocycles. The molecule has 0 amide bonds. The van der Waals surface area contributed by atoms with E-state index in [0.717, 1.165) is 33.6 Å². The van der Waals surface area contributed by atoms with Crippen LogP contribution in [0.25, 0.3) is 0 Å². The molecular formula is C20H19NO2S2. The van der Waals surface area contributed by atoms with Crippen LogP contribution >= 0.6 is 24.0 Å². The van der Waals surface area contributed by atoms with Crippen molar-refractivity contribution in [3.8, 4) is 11.5 Å². The Morgan fingerprint density at radius 2 is 1.56 bits per heavy atom. The van der Waals surface area contributed by atoms with E-state index in [1.165, 1.54) is 0 Å². The van der Waals surface area contributed by atoms with Crippen LogP contribution in [0.4, 0.5) is 0 Å². The number of carbonyl (C=O) groups excluding carboxylic acids is 1. The van der Waals surface area contributed by atoms with Crippen molar-refractivity contribution in [2.45, 2.75) is 42.7 Å². The lowest BCUT2D eigenvalue weighted by Gasteiger charge is -2.35. The van der Waals surface area contributed by atoms with Crippen LogP contribution in [0.2, 0.25) is 0 Å². The normalized spacial score (nSPS) is 22.1. The van der Waals surface area contributed by atoms with E-state index < -0.39 is 0 Å². The largest absolute Gasteiger partial charge is 0.457 e. The van der Waals surface area contributed by atoms with E-state index >= 15 is 0 Å². The van der Waals surface area contributed by atoms with Crippen molar-refractivity contribution >= 4 is 34.1 Å². The van der Waals surface area contributed by atoms with E-state index in [-0.39, 0.29) is 0 Å². The van der Waals surface area contributed by atoms with Gasteiger partial charge in [0.25, 0.3) is 0 Å². The maximum Gasteiger partial charge on any atom is 0.141 e. The van der Waals surface area contributed by atoms with Crippen molar-refractivity contribution in [1.82, 2.24) is 4.90 Å². The van der Waals surface area contributed by atoms with Gasteiger partial charge >= 0.3 is 0 Å². The number of carbonyl (C=O) groups is 1. The fraction of sp³-hybridized carbons (Fsp3) is 0.300. The summed E-state index contributed by atoms with van der Waals surface area (Å²) < 4.78 is 6.71. The van der Waals surface area contributed by atoms with Gasteiger partial charge < -0.3 is 9.64 Å². The molecule has 2 aromatic rings. The van der Waals surface area contributed by atoms with E-state index in [1.807, 2.05) is 54.6 Å². The molecule has 3 nitrogen and oxygen atoms in total. The van der Waals surface area contributed by atoms with Crippen LogP contribution in [-0.4, -0.2) is 27.1 Å². The number of thioether (sulfide) groups is 1. The molecule has 2 atom stereocenters. The first-order valence-electron chi connectivity index (χ1n) is 8.54. The number of para-hydroxylation sites is 1. The minimum atomic E-state index is 0.312. The zero-order valence-electron chi connectivity index (χ0n) is 13.8. The lowest BCUT2D eigenvalue weighted by atomic mass is 10.0. The SMILES string of the molecule is O=C1CC2CCC(C1)N2C(=S)Sc1ccc(Oc2ccccc2)cc1. The topological polar surface area (TPSA) is 29.5 Å². The lowest BCUT2D eigenvalue weighted by Crippen LogP contribution is -2.44. The molecule has 2 fully saturated rings. The Morgan fingerprint density at radius 3 is 2.20 bits per heavy atom. The predicted octanol–water partition coefficient (Wildman–Crippen LogP) is 5.05. The predicted molar refractivity (Wildman–Crippen MR) is 104 cm³/mol. The van der Waals surface area contributed by atoms with Crippen LogP contribution in [0.3, 0.4) is 0 Å². The Balaban J connectivity index is 1.40. The standard InChI is InChI=1S/C20H19NO2S2/c22-16-12-14-6-7-15(13-16)21(14)20(24)25-19-10-8-18(9-11-19)23-17-4-2-1-3-5-17/h1-5,8-11,14-15H,6-7,12-13H2. The van der Waals surface area contributed by atoms with Crippen LogP contribution in [0.15, 0.2) is 59.5 Å². The van der Waals surface area contributed by atoms with Gasteiger partial charge in [-0.2, -0.15) is 0 Å². The van der Waals surface area contributed by atoms with Crippen LogP contribution in [0, 0.1) is 0 Å². The van der Waals surface area contributed by atoms with Crippen molar-refractivity contribution in [2.24, 2.45) is 0 Å². The van der Waals surface area contributed by atoms with Crippen molar-refractivity contribution in [3.05, 3.63) is 54.6 Å². The second kappa shape index (κ2) is 7.18. The Kier molecular flexibility index (Phi) is 4.77. The summed E-state index contributed by atoms with van der Waals surface area (Å²) in [6.45, 7) is 0. The molecule has 4 rings (SSSR count). The maximum atomic E-state index is 11.7. The third kappa shape index (κ3) is 3.72. The molecule has 2 saturated heterocycles. The highest BCUT2D eigenvalue weighted by molar-refractivity contribution is 8.22. The van der Waals surface area contributed by atoms with Gasteiger partial charge in [-0.05, 0) is 49.2 Å². The Morgan fingerprint density at radius 1 is 0.960 bits per heavy atom. The van der Waals surface area contributed by atoms with Gasteiger partial charge in [0.2, 0.25) is 0 Å². The molecule has 2 unspecified atom stereocenters. The minimum Gasteiger partial charge on any atom is -0.457 e. The second-order valence-electron chi connectivity index (χ2n) is 6.49. The number of Topliss-reactive ketones (excluding diaryl/α,β-unsaturated/α-hetero) is 1. The van der Waals surface area contributed by atoms with Crippen molar-refractivity contribution < 1.29 is 9.53 Å². The van der Waals surface area contributed by atoms with Gasteiger partial charge in [-0.15, -0.1) is 0 Å². The first-order valence-corrected chi connectivity index (χ1v) is 9.76. The van der Waals surface area contributed by atoms with Gasteiger partial charge in [-0.25, -0.2) is 0 Å². The van der Waals surface area contributed by atoms with E-state index in [4.69, 9.17) is 17.0 Å². The smallest absolute Gasteiger partial charge is 0.141 e. The number of piperidine rings is 1. The van der Waals surface area contributed by atoms with Gasteiger partial charge in [-0.3, -0.25) is 4.79 Å². The summed E-state index contributed by atoms with van der Waals surface area (Å²) in [6.07, 6.45) is 3.48. The second-order valence-corrected chi connectivity index (χ2v) is 8.20.